The van der Waals surface area contributed by atoms with Gasteiger partial charge < -0.3 is 18.4 Å². The Balaban J connectivity index is 2.95. The van der Waals surface area contributed by atoms with Crippen molar-refractivity contribution >= 4 is 28.3 Å². The molecule has 0 spiro atoms. The first-order chi connectivity index (χ1) is 14.9. The normalized spacial score (nSPS) is 24.8. The zero-order valence-corrected chi connectivity index (χ0v) is 23.9. The fraction of sp³-hybridized carbons (Fsp3) is 0.833. The lowest BCUT2D eigenvalue weighted by molar-refractivity contribution is -0.140. The van der Waals surface area contributed by atoms with Gasteiger partial charge >= 0.3 is 5.97 Å². The van der Waals surface area contributed by atoms with Gasteiger partial charge in [0, 0.05) is 6.42 Å². The van der Waals surface area contributed by atoms with Crippen molar-refractivity contribution in [1.29, 1.82) is 0 Å². The summed E-state index contributed by atoms with van der Waals surface area (Å²) in [6.07, 6.45) is 11.0. The number of carbonyl (C=O) groups excluding carboxylic acids is 1. The van der Waals surface area contributed by atoms with Crippen LogP contribution in [0.2, 0.25) is 39.3 Å². The summed E-state index contributed by atoms with van der Waals surface area (Å²) in [5.41, 5.74) is 1.02. The number of oxime groups is 1. The van der Waals surface area contributed by atoms with Crippen LogP contribution in [0.4, 0.5) is 0 Å². The van der Waals surface area contributed by atoms with E-state index in [1.165, 1.54) is 7.11 Å². The fourth-order valence-corrected chi connectivity index (χ4v) is 6.81. The van der Waals surface area contributed by atoms with Gasteiger partial charge in [0.2, 0.25) is 0 Å². The van der Waals surface area contributed by atoms with E-state index in [9.17, 15) is 4.79 Å². The third-order valence-corrected chi connectivity index (χ3v) is 7.64. The lowest BCUT2D eigenvalue weighted by atomic mass is 9.86. The van der Waals surface area contributed by atoms with E-state index in [1.807, 2.05) is 6.92 Å². The molecule has 0 bridgehead atoms. The molecule has 4 atom stereocenters. The minimum atomic E-state index is -1.68. The summed E-state index contributed by atoms with van der Waals surface area (Å²) in [6.45, 7) is 15.6. The van der Waals surface area contributed by atoms with E-state index in [1.54, 1.807) is 7.11 Å². The molecule has 0 aromatic carbocycles. The predicted molar refractivity (Wildman–Crippen MR) is 137 cm³/mol. The summed E-state index contributed by atoms with van der Waals surface area (Å²) in [4.78, 5) is 16.3. The number of allylic oxidation sites excluding steroid dienone is 2. The van der Waals surface area contributed by atoms with Gasteiger partial charge in [0.05, 0.1) is 25.0 Å². The molecule has 1 aliphatic carbocycles. The summed E-state index contributed by atoms with van der Waals surface area (Å²) in [7, 11) is -0.319. The topological polar surface area (TPSA) is 66.4 Å². The number of ether oxygens (including phenoxy) is 1. The number of hydrogen-bond donors (Lipinski definition) is 0. The van der Waals surface area contributed by atoms with Crippen LogP contribution >= 0.6 is 0 Å². The largest absolute Gasteiger partial charge is 0.469 e. The number of hydrogen-bond acceptors (Lipinski definition) is 6. The van der Waals surface area contributed by atoms with Crippen LogP contribution in [0.15, 0.2) is 17.3 Å². The van der Waals surface area contributed by atoms with Crippen LogP contribution in [-0.4, -0.2) is 54.7 Å². The lowest BCUT2D eigenvalue weighted by Crippen LogP contribution is -2.35. The molecule has 6 nitrogen and oxygen atoms in total. The molecule has 0 unspecified atom stereocenters. The maximum absolute atomic E-state index is 11.3. The van der Waals surface area contributed by atoms with E-state index in [0.717, 1.165) is 44.2 Å². The maximum Gasteiger partial charge on any atom is 0.305 e. The van der Waals surface area contributed by atoms with Crippen LogP contribution in [-0.2, 0) is 23.2 Å². The van der Waals surface area contributed by atoms with Gasteiger partial charge in [0.15, 0.2) is 16.6 Å². The second-order valence-corrected chi connectivity index (χ2v) is 19.7. The van der Waals surface area contributed by atoms with Crippen LogP contribution in [0.25, 0.3) is 0 Å². The molecule has 8 heteroatoms. The zero-order chi connectivity index (χ0) is 24.4. The Hall–Kier alpha value is -0.966. The molecule has 0 amide bonds. The molecule has 0 aliphatic heterocycles. The number of rotatable bonds is 14. The van der Waals surface area contributed by atoms with Crippen molar-refractivity contribution in [2.45, 2.75) is 103 Å². The highest BCUT2D eigenvalue weighted by molar-refractivity contribution is 6.70. The summed E-state index contributed by atoms with van der Waals surface area (Å²) in [5.74, 6) is 0.720. The summed E-state index contributed by atoms with van der Waals surface area (Å²) < 4.78 is 18.1. The smallest absolute Gasteiger partial charge is 0.305 e. The second kappa shape index (κ2) is 13.7. The predicted octanol–water partition coefficient (Wildman–Crippen LogP) is 6.15. The highest BCUT2D eigenvalue weighted by atomic mass is 28.4. The number of carbonyl (C=O) groups is 1. The summed E-state index contributed by atoms with van der Waals surface area (Å²) in [6, 6.07) is 0. The van der Waals surface area contributed by atoms with Gasteiger partial charge in [-0.3, -0.25) is 4.79 Å². The molecule has 0 saturated heterocycles. The molecule has 0 heterocycles. The molecule has 1 aliphatic rings. The van der Waals surface area contributed by atoms with Gasteiger partial charge in [0.25, 0.3) is 0 Å². The van der Waals surface area contributed by atoms with Gasteiger partial charge in [-0.25, -0.2) is 0 Å². The number of unbranched alkanes of at least 4 members (excludes halogenated alkanes) is 1. The minimum Gasteiger partial charge on any atom is -0.469 e. The SMILES string of the molecule is CO/N=C(\C)CC[C@@H]1[C@@H](C/C=C/CCCC(=O)OC)[C@@H](O[Si](C)(C)C)C[C@H]1O[Si](C)(C)C. The minimum absolute atomic E-state index is 0.141. The monoisotopic (exact) mass is 485 g/mol. The fourth-order valence-electron chi connectivity index (χ4n) is 4.45. The van der Waals surface area contributed by atoms with Crippen molar-refractivity contribution in [3.05, 3.63) is 12.2 Å². The molecular formula is C24H47NO5Si2. The maximum atomic E-state index is 11.3. The third kappa shape index (κ3) is 11.8. The standard InChI is InChI=1S/C24H47NO5Si2/c1-19(25-28-3)16-17-21-20(14-12-10-11-13-15-24(26)27-2)22(29-31(4,5)6)18-23(21)30-32(7,8)9/h10,12,20-23H,11,13-18H2,1-9H3/b12-10+,25-19+/t20-,21-,22+,23-/m1/s1. The second-order valence-electron chi connectivity index (χ2n) is 10.8. The van der Waals surface area contributed by atoms with Crippen LogP contribution in [0.3, 0.4) is 0 Å². The van der Waals surface area contributed by atoms with E-state index >= 15 is 0 Å². The van der Waals surface area contributed by atoms with Gasteiger partial charge in [-0.05, 0) is 96.6 Å². The Morgan fingerprint density at radius 2 is 1.53 bits per heavy atom. The molecule has 0 N–H and O–H groups in total. The van der Waals surface area contributed by atoms with E-state index < -0.39 is 16.6 Å². The van der Waals surface area contributed by atoms with Crippen LogP contribution in [0, 0.1) is 11.8 Å². The van der Waals surface area contributed by atoms with Crippen LogP contribution in [0.1, 0.15) is 51.9 Å². The Bertz CT molecular complexity index is 625. The van der Waals surface area contributed by atoms with E-state index in [4.69, 9.17) is 18.4 Å². The molecule has 186 valence electrons. The first-order valence-electron chi connectivity index (χ1n) is 12.0. The van der Waals surface area contributed by atoms with Gasteiger partial charge in [-0.1, -0.05) is 17.3 Å². The van der Waals surface area contributed by atoms with Crippen molar-refractivity contribution in [3.8, 4) is 0 Å². The highest BCUT2D eigenvalue weighted by Gasteiger charge is 2.46. The van der Waals surface area contributed by atoms with E-state index in [0.29, 0.717) is 18.3 Å². The quantitative estimate of drug-likeness (QED) is 0.0736. The van der Waals surface area contributed by atoms with Crippen molar-refractivity contribution in [1.82, 2.24) is 0 Å². The molecule has 1 rings (SSSR count). The zero-order valence-electron chi connectivity index (χ0n) is 21.9. The van der Waals surface area contributed by atoms with Gasteiger partial charge in [-0.15, -0.1) is 0 Å². The Morgan fingerprint density at radius 1 is 0.938 bits per heavy atom. The van der Waals surface area contributed by atoms with Crippen molar-refractivity contribution in [3.63, 3.8) is 0 Å². The van der Waals surface area contributed by atoms with Crippen LogP contribution < -0.4 is 0 Å². The number of esters is 1. The van der Waals surface area contributed by atoms with Crippen molar-refractivity contribution in [2.75, 3.05) is 14.2 Å². The molecule has 32 heavy (non-hydrogen) atoms. The molecule has 1 saturated carbocycles. The Labute approximate surface area is 198 Å². The summed E-state index contributed by atoms with van der Waals surface area (Å²) >= 11 is 0. The summed E-state index contributed by atoms with van der Waals surface area (Å²) in [5, 5.41) is 4.11. The average Bonchev–Trinajstić information content (AvgIpc) is 2.95. The molecular weight excluding hydrogens is 438 g/mol. The average molecular weight is 486 g/mol. The van der Waals surface area contributed by atoms with Crippen molar-refractivity contribution < 1.29 is 23.2 Å². The first kappa shape index (κ1) is 29.1. The third-order valence-electron chi connectivity index (χ3n) is 5.62. The number of nitrogens with zero attached hydrogens (tertiary/aromatic N) is 1. The molecule has 0 aromatic heterocycles. The molecule has 0 radical (unpaired) electrons. The lowest BCUT2D eigenvalue weighted by Gasteiger charge is -2.31. The Morgan fingerprint density at radius 3 is 2.06 bits per heavy atom. The van der Waals surface area contributed by atoms with Gasteiger partial charge in [-0.2, -0.15) is 0 Å². The molecule has 1 fully saturated rings. The highest BCUT2D eigenvalue weighted by Crippen LogP contribution is 2.43. The Kier molecular flexibility index (Phi) is 12.4. The number of methoxy groups -OCH3 is 1. The van der Waals surface area contributed by atoms with E-state index in [2.05, 4.69) is 56.6 Å². The van der Waals surface area contributed by atoms with Crippen molar-refractivity contribution in [2.24, 2.45) is 17.0 Å². The van der Waals surface area contributed by atoms with E-state index in [-0.39, 0.29) is 18.2 Å². The van der Waals surface area contributed by atoms with Crippen LogP contribution in [0.5, 0.6) is 0 Å². The first-order valence-corrected chi connectivity index (χ1v) is 18.8. The molecule has 0 aromatic rings. The van der Waals surface area contributed by atoms with Gasteiger partial charge in [0.1, 0.15) is 7.11 Å².